The normalized spacial score (nSPS) is 12.0. The molecular formula is C17H18O3S. The first-order valence-electron chi connectivity index (χ1n) is 6.64. The van der Waals surface area contributed by atoms with Gasteiger partial charge in [-0.15, -0.1) is 0 Å². The zero-order valence-corrected chi connectivity index (χ0v) is 13.2. The predicted molar refractivity (Wildman–Crippen MR) is 84.3 cm³/mol. The first-order chi connectivity index (χ1) is 10.0. The number of carbonyl (C=O) groups excluding carboxylic acids is 1. The first-order valence-corrected chi connectivity index (χ1v) is 7.96. The fraction of sp³-hybridized carbons (Fsp3) is 0.235. The number of ether oxygens (including phenoxy) is 1. The Morgan fingerprint density at radius 2 is 1.90 bits per heavy atom. The lowest BCUT2D eigenvalue weighted by Crippen LogP contribution is -2.03. The minimum Gasteiger partial charge on any atom is -0.496 e. The summed E-state index contributed by atoms with van der Waals surface area (Å²) in [5, 5.41) is 0. The van der Waals surface area contributed by atoms with Gasteiger partial charge in [-0.3, -0.25) is 9.00 Å². The Labute approximate surface area is 127 Å². The molecule has 0 radical (unpaired) electrons. The summed E-state index contributed by atoms with van der Waals surface area (Å²) in [7, 11) is 0.402. The smallest absolute Gasteiger partial charge is 0.159 e. The van der Waals surface area contributed by atoms with Crippen LogP contribution in [0, 0.1) is 6.92 Å². The lowest BCUT2D eigenvalue weighted by molar-refractivity contribution is 0.101. The molecule has 0 saturated carbocycles. The van der Waals surface area contributed by atoms with E-state index in [0.717, 1.165) is 16.0 Å². The molecule has 0 bridgehead atoms. The average Bonchev–Trinajstić information content (AvgIpc) is 2.47. The van der Waals surface area contributed by atoms with E-state index < -0.39 is 10.8 Å². The van der Waals surface area contributed by atoms with E-state index in [-0.39, 0.29) is 5.78 Å². The number of rotatable bonds is 5. The fourth-order valence-electron chi connectivity index (χ4n) is 2.14. The van der Waals surface area contributed by atoms with Crippen LogP contribution in [-0.2, 0) is 16.6 Å². The van der Waals surface area contributed by atoms with Crippen molar-refractivity contribution >= 4 is 16.6 Å². The Balaban J connectivity index is 2.34. The molecule has 0 N–H and O–H groups in total. The summed E-state index contributed by atoms with van der Waals surface area (Å²) in [6.07, 6.45) is 0. The minimum absolute atomic E-state index is 0.0134. The van der Waals surface area contributed by atoms with Gasteiger partial charge in [0.2, 0.25) is 0 Å². The van der Waals surface area contributed by atoms with Crippen LogP contribution in [-0.4, -0.2) is 17.1 Å². The van der Waals surface area contributed by atoms with E-state index >= 15 is 0 Å². The fourth-order valence-corrected chi connectivity index (χ4v) is 3.46. The molecule has 4 heteroatoms. The number of methoxy groups -OCH3 is 1. The Bertz CT molecular complexity index is 692. The monoisotopic (exact) mass is 302 g/mol. The highest BCUT2D eigenvalue weighted by atomic mass is 32.2. The number of hydrogen-bond acceptors (Lipinski definition) is 3. The van der Waals surface area contributed by atoms with Crippen molar-refractivity contribution in [3.05, 3.63) is 59.2 Å². The van der Waals surface area contributed by atoms with Gasteiger partial charge in [-0.2, -0.15) is 0 Å². The van der Waals surface area contributed by atoms with E-state index in [1.54, 1.807) is 25.3 Å². The van der Waals surface area contributed by atoms with Crippen LogP contribution in [0.1, 0.15) is 28.4 Å². The summed E-state index contributed by atoms with van der Waals surface area (Å²) >= 11 is 0. The Kier molecular flexibility index (Phi) is 4.91. The second-order valence-electron chi connectivity index (χ2n) is 4.84. The van der Waals surface area contributed by atoms with Crippen molar-refractivity contribution in [3.63, 3.8) is 0 Å². The van der Waals surface area contributed by atoms with Crippen molar-refractivity contribution < 1.29 is 13.7 Å². The molecule has 0 aliphatic carbocycles. The molecule has 0 aliphatic rings. The van der Waals surface area contributed by atoms with Gasteiger partial charge < -0.3 is 4.74 Å². The van der Waals surface area contributed by atoms with E-state index in [0.29, 0.717) is 17.1 Å². The predicted octanol–water partition coefficient (Wildman–Crippen LogP) is 3.51. The van der Waals surface area contributed by atoms with E-state index in [2.05, 4.69) is 0 Å². The van der Waals surface area contributed by atoms with Crippen LogP contribution in [0.5, 0.6) is 5.75 Å². The van der Waals surface area contributed by atoms with Gasteiger partial charge in [-0.05, 0) is 43.7 Å². The highest BCUT2D eigenvalue weighted by Crippen LogP contribution is 2.24. The van der Waals surface area contributed by atoms with E-state index in [9.17, 15) is 9.00 Å². The van der Waals surface area contributed by atoms with Crippen LogP contribution in [0.25, 0.3) is 0 Å². The molecule has 0 aliphatic heterocycles. The second kappa shape index (κ2) is 6.68. The summed E-state index contributed by atoms with van der Waals surface area (Å²) in [5.41, 5.74) is 2.39. The third kappa shape index (κ3) is 3.58. The van der Waals surface area contributed by atoms with Crippen molar-refractivity contribution in [1.82, 2.24) is 0 Å². The molecule has 0 aromatic heterocycles. The van der Waals surface area contributed by atoms with Crippen molar-refractivity contribution in [2.24, 2.45) is 0 Å². The quantitative estimate of drug-likeness (QED) is 0.794. The number of benzene rings is 2. The van der Waals surface area contributed by atoms with Gasteiger partial charge in [0.05, 0.1) is 23.7 Å². The van der Waals surface area contributed by atoms with Crippen molar-refractivity contribution in [2.45, 2.75) is 24.5 Å². The van der Waals surface area contributed by atoms with E-state index in [1.165, 1.54) is 6.92 Å². The Morgan fingerprint density at radius 3 is 2.52 bits per heavy atom. The second-order valence-corrected chi connectivity index (χ2v) is 6.26. The molecule has 1 unspecified atom stereocenters. The summed E-state index contributed by atoms with van der Waals surface area (Å²) in [5.74, 6) is 0.970. The third-order valence-corrected chi connectivity index (χ3v) is 4.83. The molecule has 0 spiro atoms. The lowest BCUT2D eigenvalue weighted by atomic mass is 10.1. The van der Waals surface area contributed by atoms with E-state index in [4.69, 9.17) is 4.74 Å². The highest BCUT2D eigenvalue weighted by Gasteiger charge is 2.13. The Morgan fingerprint density at radius 1 is 1.19 bits per heavy atom. The number of hydrogen-bond donors (Lipinski definition) is 0. The van der Waals surface area contributed by atoms with Crippen LogP contribution in [0.3, 0.4) is 0 Å². The molecule has 0 saturated heterocycles. The molecule has 2 aromatic carbocycles. The standard InChI is InChI=1S/C17H18O3S/c1-12-6-4-5-7-17(12)21(19)11-15-10-14(13(2)18)8-9-16(15)20-3/h4-10H,11H2,1-3H3. The number of Topliss-reactive ketones (excluding diaryl/α,β-unsaturated/α-hetero) is 1. The van der Waals surface area contributed by atoms with Gasteiger partial charge in [0, 0.05) is 16.0 Å². The molecule has 0 fully saturated rings. The van der Waals surface area contributed by atoms with Gasteiger partial charge in [0.25, 0.3) is 0 Å². The summed E-state index contributed by atoms with van der Waals surface area (Å²) in [6.45, 7) is 3.46. The summed E-state index contributed by atoms with van der Waals surface area (Å²) < 4.78 is 17.9. The largest absolute Gasteiger partial charge is 0.496 e. The van der Waals surface area contributed by atoms with Gasteiger partial charge in [-0.1, -0.05) is 18.2 Å². The summed E-state index contributed by atoms with van der Waals surface area (Å²) in [6, 6.07) is 12.8. The minimum atomic E-state index is -1.17. The third-order valence-electron chi connectivity index (χ3n) is 3.31. The highest BCUT2D eigenvalue weighted by molar-refractivity contribution is 7.84. The molecule has 3 nitrogen and oxygen atoms in total. The molecule has 0 heterocycles. The SMILES string of the molecule is COc1ccc(C(C)=O)cc1CS(=O)c1ccccc1C. The van der Waals surface area contributed by atoms with Crippen molar-refractivity contribution in [3.8, 4) is 5.75 Å². The molecule has 0 amide bonds. The number of ketones is 1. The van der Waals surface area contributed by atoms with Gasteiger partial charge >= 0.3 is 0 Å². The zero-order valence-electron chi connectivity index (χ0n) is 12.4. The zero-order chi connectivity index (χ0) is 15.4. The molecule has 2 rings (SSSR count). The van der Waals surface area contributed by atoms with Crippen LogP contribution >= 0.6 is 0 Å². The maximum atomic E-state index is 12.6. The number of aryl methyl sites for hydroxylation is 1. The van der Waals surface area contributed by atoms with Crippen molar-refractivity contribution in [1.29, 1.82) is 0 Å². The molecule has 110 valence electrons. The molecule has 1 atom stereocenters. The van der Waals surface area contributed by atoms with Crippen LogP contribution in [0.2, 0.25) is 0 Å². The molecule has 21 heavy (non-hydrogen) atoms. The van der Waals surface area contributed by atoms with Gasteiger partial charge in [0.1, 0.15) is 5.75 Å². The topological polar surface area (TPSA) is 43.4 Å². The lowest BCUT2D eigenvalue weighted by Gasteiger charge is -2.11. The molecule has 2 aromatic rings. The van der Waals surface area contributed by atoms with E-state index in [1.807, 2.05) is 31.2 Å². The molecular weight excluding hydrogens is 284 g/mol. The van der Waals surface area contributed by atoms with Crippen LogP contribution < -0.4 is 4.74 Å². The number of carbonyl (C=O) groups is 1. The van der Waals surface area contributed by atoms with Gasteiger partial charge in [-0.25, -0.2) is 0 Å². The van der Waals surface area contributed by atoms with Gasteiger partial charge in [0.15, 0.2) is 5.78 Å². The average molecular weight is 302 g/mol. The maximum Gasteiger partial charge on any atom is 0.159 e. The Hall–Kier alpha value is -1.94. The van der Waals surface area contributed by atoms with Crippen LogP contribution in [0.4, 0.5) is 0 Å². The van der Waals surface area contributed by atoms with Crippen molar-refractivity contribution in [2.75, 3.05) is 7.11 Å². The summed E-state index contributed by atoms with van der Waals surface area (Å²) in [4.78, 5) is 12.3. The van der Waals surface area contributed by atoms with Crippen LogP contribution in [0.15, 0.2) is 47.4 Å². The maximum absolute atomic E-state index is 12.6. The first kappa shape index (κ1) is 15.4.